The van der Waals surface area contributed by atoms with Crippen LogP contribution in [0, 0.1) is 10.8 Å². The molecule has 0 fully saturated rings. The first kappa shape index (κ1) is 22.3. The van der Waals surface area contributed by atoms with Crippen molar-refractivity contribution < 1.29 is 23.9 Å². The number of hydrogen-bond donors (Lipinski definition) is 1. The highest BCUT2D eigenvalue weighted by Gasteiger charge is 2.46. The van der Waals surface area contributed by atoms with E-state index in [1.165, 1.54) is 7.11 Å². The lowest BCUT2D eigenvalue weighted by Crippen LogP contribution is -2.42. The number of dihydropyridines is 1. The summed E-state index contributed by atoms with van der Waals surface area (Å²) in [4.78, 5) is 38.0. The summed E-state index contributed by atoms with van der Waals surface area (Å²) in [5.41, 5.74) is 3.99. The monoisotopic (exact) mass is 437 g/mol. The van der Waals surface area contributed by atoms with Gasteiger partial charge in [0.1, 0.15) is 5.75 Å². The van der Waals surface area contributed by atoms with Gasteiger partial charge in [-0.3, -0.25) is 9.59 Å². The number of benzene rings is 1. The summed E-state index contributed by atoms with van der Waals surface area (Å²) in [7, 11) is 1.31. The van der Waals surface area contributed by atoms with E-state index in [2.05, 4.69) is 37.7 Å². The van der Waals surface area contributed by atoms with Gasteiger partial charge in [-0.2, -0.15) is 0 Å². The predicted molar refractivity (Wildman–Crippen MR) is 120 cm³/mol. The molecule has 3 aliphatic rings. The lowest BCUT2D eigenvalue weighted by atomic mass is 9.64. The Bertz CT molecular complexity index is 990. The van der Waals surface area contributed by atoms with Crippen molar-refractivity contribution in [3.63, 3.8) is 0 Å². The van der Waals surface area contributed by atoms with Gasteiger partial charge in [-0.15, -0.1) is 0 Å². The first-order valence-electron chi connectivity index (χ1n) is 11.1. The molecule has 0 atom stereocenters. The fourth-order valence-electron chi connectivity index (χ4n) is 5.18. The number of nitrogens with one attached hydrogen (secondary N) is 1. The second-order valence-electron chi connectivity index (χ2n) is 10.7. The molecule has 0 unspecified atom stereocenters. The molecule has 6 nitrogen and oxygen atoms in total. The first-order chi connectivity index (χ1) is 15.0. The van der Waals surface area contributed by atoms with Crippen LogP contribution in [0.3, 0.4) is 0 Å². The van der Waals surface area contributed by atoms with Crippen molar-refractivity contribution in [2.75, 3.05) is 13.7 Å². The maximum absolute atomic E-state index is 13.3. The first-order valence-corrected chi connectivity index (χ1v) is 11.1. The molecule has 6 heteroatoms. The summed E-state index contributed by atoms with van der Waals surface area (Å²) in [6, 6.07) is 7.32. The fourth-order valence-corrected chi connectivity index (χ4v) is 5.18. The average molecular weight is 438 g/mol. The Labute approximate surface area is 189 Å². The molecular formula is C26H31NO5. The smallest absolute Gasteiger partial charge is 0.343 e. The van der Waals surface area contributed by atoms with Crippen LogP contribution in [-0.4, -0.2) is 31.3 Å². The summed E-state index contributed by atoms with van der Waals surface area (Å²) in [6.07, 6.45) is 2.48. The number of hydrogen-bond acceptors (Lipinski definition) is 6. The number of methoxy groups -OCH3 is 1. The third-order valence-electron chi connectivity index (χ3n) is 6.52. The summed E-state index contributed by atoms with van der Waals surface area (Å²) in [5.74, 6) is -0.0948. The van der Waals surface area contributed by atoms with Crippen LogP contribution in [0.2, 0.25) is 0 Å². The number of esters is 1. The molecule has 1 aliphatic heterocycles. The zero-order valence-corrected chi connectivity index (χ0v) is 19.5. The van der Waals surface area contributed by atoms with Crippen LogP contribution in [0.1, 0.15) is 64.9 Å². The second-order valence-corrected chi connectivity index (χ2v) is 10.7. The Hall–Kier alpha value is -2.89. The van der Waals surface area contributed by atoms with Gasteiger partial charge in [0.15, 0.2) is 18.2 Å². The molecule has 0 aromatic heterocycles. The summed E-state index contributed by atoms with van der Waals surface area (Å²) in [6.45, 7) is 8.27. The van der Waals surface area contributed by atoms with E-state index in [9.17, 15) is 14.4 Å². The SMILES string of the molecule is COC(=O)COc1ccc(C2C3=C(CC(C)(C)CC3=O)NC3=C2C(=O)CC(C)(C)C3)cc1. The predicted octanol–water partition coefficient (Wildman–Crippen LogP) is 4.21. The van der Waals surface area contributed by atoms with Crippen molar-refractivity contribution in [2.24, 2.45) is 10.8 Å². The van der Waals surface area contributed by atoms with Gasteiger partial charge in [-0.05, 0) is 41.4 Å². The molecule has 0 saturated heterocycles. The second kappa shape index (κ2) is 7.91. The fraction of sp³-hybridized carbons (Fsp3) is 0.500. The van der Waals surface area contributed by atoms with Gasteiger partial charge in [0.25, 0.3) is 0 Å². The highest BCUT2D eigenvalue weighted by molar-refractivity contribution is 6.06. The quantitative estimate of drug-likeness (QED) is 0.711. The van der Waals surface area contributed by atoms with Gasteiger partial charge in [0.05, 0.1) is 7.11 Å². The number of ketones is 2. The van der Waals surface area contributed by atoms with Crippen LogP contribution in [-0.2, 0) is 19.1 Å². The Morgan fingerprint density at radius 2 is 1.41 bits per heavy atom. The molecule has 1 N–H and O–H groups in total. The minimum absolute atomic E-state index is 0.101. The molecule has 0 amide bonds. The van der Waals surface area contributed by atoms with Crippen LogP contribution < -0.4 is 10.1 Å². The number of allylic oxidation sites excluding steroid dienone is 4. The van der Waals surface area contributed by atoms with Crippen molar-refractivity contribution in [1.29, 1.82) is 0 Å². The summed E-state index contributed by atoms with van der Waals surface area (Å²) < 4.78 is 10.1. The summed E-state index contributed by atoms with van der Waals surface area (Å²) in [5, 5.41) is 3.52. The zero-order valence-electron chi connectivity index (χ0n) is 19.5. The Morgan fingerprint density at radius 1 is 0.906 bits per heavy atom. The van der Waals surface area contributed by atoms with Crippen LogP contribution in [0.5, 0.6) is 5.75 Å². The van der Waals surface area contributed by atoms with Crippen LogP contribution in [0.25, 0.3) is 0 Å². The van der Waals surface area contributed by atoms with E-state index in [4.69, 9.17) is 4.74 Å². The molecule has 0 spiro atoms. The van der Waals surface area contributed by atoms with Crippen LogP contribution in [0.4, 0.5) is 0 Å². The van der Waals surface area contributed by atoms with Crippen LogP contribution >= 0.6 is 0 Å². The van der Waals surface area contributed by atoms with Gasteiger partial charge < -0.3 is 14.8 Å². The Kier molecular flexibility index (Phi) is 5.51. The van der Waals surface area contributed by atoms with Crippen molar-refractivity contribution >= 4 is 17.5 Å². The standard InChI is InChI=1S/C26H31NO5/c1-25(2)10-17-23(19(28)12-25)22(24-18(27-17)11-26(3,4)13-20(24)29)15-6-8-16(9-7-15)32-14-21(30)31-5/h6-9,22,27H,10-14H2,1-5H3. The molecule has 170 valence electrons. The number of rotatable bonds is 4. The number of Topliss-reactive ketones (excluding diaryl/α,β-unsaturated/α-hetero) is 2. The molecule has 0 bridgehead atoms. The molecule has 2 aliphatic carbocycles. The molecular weight excluding hydrogens is 406 g/mol. The van der Waals surface area contributed by atoms with E-state index in [1.807, 2.05) is 12.1 Å². The van der Waals surface area contributed by atoms with Gasteiger partial charge in [0, 0.05) is 41.3 Å². The average Bonchev–Trinajstić information content (AvgIpc) is 2.69. The van der Waals surface area contributed by atoms with E-state index in [-0.39, 0.29) is 34.9 Å². The van der Waals surface area contributed by atoms with E-state index in [1.54, 1.807) is 12.1 Å². The maximum Gasteiger partial charge on any atom is 0.343 e. The van der Waals surface area contributed by atoms with E-state index >= 15 is 0 Å². The van der Waals surface area contributed by atoms with E-state index in [0.29, 0.717) is 18.6 Å². The lowest BCUT2D eigenvalue weighted by molar-refractivity contribution is -0.143. The number of carbonyl (C=O) groups is 3. The highest BCUT2D eigenvalue weighted by atomic mass is 16.6. The minimum Gasteiger partial charge on any atom is -0.482 e. The maximum atomic E-state index is 13.3. The zero-order chi connectivity index (χ0) is 23.3. The van der Waals surface area contributed by atoms with Crippen molar-refractivity contribution in [1.82, 2.24) is 5.32 Å². The topological polar surface area (TPSA) is 81.7 Å². The third kappa shape index (κ3) is 4.23. The largest absolute Gasteiger partial charge is 0.482 e. The molecule has 1 heterocycles. The number of carbonyl (C=O) groups excluding carboxylic acids is 3. The molecule has 1 aromatic carbocycles. The Balaban J connectivity index is 1.75. The van der Waals surface area contributed by atoms with Crippen molar-refractivity contribution in [3.05, 3.63) is 52.4 Å². The highest BCUT2D eigenvalue weighted by Crippen LogP contribution is 2.51. The van der Waals surface area contributed by atoms with Gasteiger partial charge in [-0.25, -0.2) is 4.79 Å². The van der Waals surface area contributed by atoms with Gasteiger partial charge >= 0.3 is 5.97 Å². The molecule has 4 rings (SSSR count). The van der Waals surface area contributed by atoms with Crippen LogP contribution in [0.15, 0.2) is 46.8 Å². The normalized spacial score (nSPS) is 22.2. The van der Waals surface area contributed by atoms with E-state index < -0.39 is 5.97 Å². The van der Waals surface area contributed by atoms with Crippen molar-refractivity contribution in [2.45, 2.75) is 59.3 Å². The molecule has 0 saturated carbocycles. The number of ether oxygens (including phenoxy) is 2. The van der Waals surface area contributed by atoms with Gasteiger partial charge in [0.2, 0.25) is 0 Å². The molecule has 0 radical (unpaired) electrons. The van der Waals surface area contributed by atoms with E-state index in [0.717, 1.165) is 40.9 Å². The minimum atomic E-state index is -0.456. The Morgan fingerprint density at radius 3 is 1.88 bits per heavy atom. The molecule has 1 aromatic rings. The van der Waals surface area contributed by atoms with Gasteiger partial charge in [-0.1, -0.05) is 39.8 Å². The molecule has 32 heavy (non-hydrogen) atoms. The lowest BCUT2D eigenvalue weighted by Gasteiger charge is -2.44. The summed E-state index contributed by atoms with van der Waals surface area (Å²) >= 11 is 0. The third-order valence-corrected chi connectivity index (χ3v) is 6.52. The van der Waals surface area contributed by atoms with Crippen molar-refractivity contribution in [3.8, 4) is 5.75 Å².